The van der Waals surface area contributed by atoms with Crippen LogP contribution in [0.25, 0.3) is 0 Å². The van der Waals surface area contributed by atoms with Crippen molar-refractivity contribution < 1.29 is 23.8 Å². The molecule has 0 amide bonds. The van der Waals surface area contributed by atoms with Crippen molar-refractivity contribution in [1.82, 2.24) is 0 Å². The second-order valence-electron chi connectivity index (χ2n) is 8.02. The molecule has 2 aromatic carbocycles. The van der Waals surface area contributed by atoms with Gasteiger partial charge in [0.2, 0.25) is 0 Å². The van der Waals surface area contributed by atoms with Crippen LogP contribution in [0.4, 0.5) is 5.69 Å². The summed E-state index contributed by atoms with van der Waals surface area (Å²) in [7, 11) is 0. The number of carbonyl (C=O) groups excluding carboxylic acids is 2. The predicted octanol–water partition coefficient (Wildman–Crippen LogP) is 5.73. The van der Waals surface area contributed by atoms with Crippen molar-refractivity contribution >= 4 is 17.6 Å². The molecule has 0 heterocycles. The van der Waals surface area contributed by atoms with Gasteiger partial charge in [-0.3, -0.25) is 0 Å². The molecule has 0 saturated carbocycles. The Hall–Kier alpha value is -3.38. The Labute approximate surface area is 210 Å². The van der Waals surface area contributed by atoms with Crippen LogP contribution >= 0.6 is 0 Å². The van der Waals surface area contributed by atoms with Gasteiger partial charge < -0.3 is 19.1 Å². The van der Waals surface area contributed by atoms with E-state index in [9.17, 15) is 9.59 Å². The van der Waals surface area contributed by atoms with E-state index < -0.39 is 0 Å². The molecule has 1 atom stereocenters. The maximum atomic E-state index is 11.5. The largest absolute Gasteiger partial charge is 0.460 e. The van der Waals surface area contributed by atoms with Crippen molar-refractivity contribution in [1.29, 1.82) is 0 Å². The third-order valence-electron chi connectivity index (χ3n) is 4.90. The molecule has 0 aromatic heterocycles. The molecule has 6 nitrogen and oxygen atoms in total. The Balaban J connectivity index is 0.000000351. The lowest BCUT2D eigenvalue weighted by atomic mass is 10.1. The lowest BCUT2D eigenvalue weighted by Gasteiger charge is -2.29. The SMILES string of the molecule is C=C(C)C(=O)OC(C)N(CC)c1ccccc1.C=C(C)C(=O)OCCOCCCc1ccccc1. The van der Waals surface area contributed by atoms with Crippen LogP contribution in [-0.2, 0) is 30.2 Å². The van der Waals surface area contributed by atoms with Gasteiger partial charge >= 0.3 is 11.9 Å². The number of aryl methyl sites for hydroxylation is 1. The molecule has 0 fully saturated rings. The first-order valence-electron chi connectivity index (χ1n) is 11.9. The molecule has 0 saturated heterocycles. The van der Waals surface area contributed by atoms with Gasteiger partial charge in [0.05, 0.1) is 6.61 Å². The predicted molar refractivity (Wildman–Crippen MR) is 141 cm³/mol. The average Bonchev–Trinajstić information content (AvgIpc) is 2.85. The van der Waals surface area contributed by atoms with Crippen molar-refractivity contribution in [2.24, 2.45) is 0 Å². The van der Waals surface area contributed by atoms with Gasteiger partial charge in [-0.2, -0.15) is 0 Å². The zero-order valence-corrected chi connectivity index (χ0v) is 21.5. The van der Waals surface area contributed by atoms with Crippen molar-refractivity contribution in [2.75, 3.05) is 31.3 Å². The molecule has 0 spiro atoms. The van der Waals surface area contributed by atoms with Gasteiger partial charge in [-0.1, -0.05) is 61.7 Å². The number of para-hydroxylation sites is 1. The molecule has 1 unspecified atom stereocenters. The van der Waals surface area contributed by atoms with E-state index in [0.29, 0.717) is 24.4 Å². The van der Waals surface area contributed by atoms with E-state index in [-0.39, 0.29) is 24.8 Å². The minimum atomic E-state index is -0.358. The number of rotatable bonds is 13. The monoisotopic (exact) mass is 481 g/mol. The molecule has 6 heteroatoms. The first-order chi connectivity index (χ1) is 16.8. The van der Waals surface area contributed by atoms with Crippen LogP contribution in [0.15, 0.2) is 85.0 Å². The zero-order chi connectivity index (χ0) is 26.1. The molecule has 190 valence electrons. The quantitative estimate of drug-likeness (QED) is 0.157. The Morgan fingerprint density at radius 3 is 1.97 bits per heavy atom. The number of hydrogen-bond donors (Lipinski definition) is 0. The highest BCUT2D eigenvalue weighted by atomic mass is 16.6. The lowest BCUT2D eigenvalue weighted by molar-refractivity contribution is -0.143. The number of benzene rings is 2. The Morgan fingerprint density at radius 2 is 1.43 bits per heavy atom. The van der Waals surface area contributed by atoms with Crippen molar-refractivity contribution in [2.45, 2.75) is 46.8 Å². The van der Waals surface area contributed by atoms with E-state index in [1.807, 2.05) is 67.3 Å². The molecule has 0 aliphatic heterocycles. The number of ether oxygens (including phenoxy) is 3. The minimum Gasteiger partial charge on any atom is -0.460 e. The molecule has 2 rings (SSSR count). The highest BCUT2D eigenvalue weighted by Crippen LogP contribution is 2.17. The Kier molecular flexibility index (Phi) is 14.5. The summed E-state index contributed by atoms with van der Waals surface area (Å²) in [5.74, 6) is -0.713. The van der Waals surface area contributed by atoms with Crippen LogP contribution in [0, 0.1) is 0 Å². The summed E-state index contributed by atoms with van der Waals surface area (Å²) in [6, 6.07) is 20.2. The first kappa shape index (κ1) is 29.7. The summed E-state index contributed by atoms with van der Waals surface area (Å²) < 4.78 is 15.6. The molecule has 35 heavy (non-hydrogen) atoms. The van der Waals surface area contributed by atoms with E-state index >= 15 is 0 Å². The maximum absolute atomic E-state index is 11.5. The third kappa shape index (κ3) is 12.6. The number of nitrogens with zero attached hydrogens (tertiary/aromatic N) is 1. The molecular formula is C29H39NO5. The summed E-state index contributed by atoms with van der Waals surface area (Å²) in [5.41, 5.74) is 3.19. The molecule has 0 N–H and O–H groups in total. The van der Waals surface area contributed by atoms with Crippen LogP contribution in [0.5, 0.6) is 0 Å². The van der Waals surface area contributed by atoms with Crippen molar-refractivity contribution in [3.05, 3.63) is 90.5 Å². The van der Waals surface area contributed by atoms with Crippen LogP contribution < -0.4 is 4.90 Å². The standard InChI is InChI=1S/C15H20O3.C14H19NO2/c1-13(2)15(16)18-12-11-17-10-6-9-14-7-4-3-5-8-14;1-5-15(13-9-7-6-8-10-13)12(4)17-14(16)11(2)3/h3-5,7-8H,1,6,9-12H2,2H3;6-10,12H,2,5H2,1,3-4H3. The molecule has 0 bridgehead atoms. The van der Waals surface area contributed by atoms with Gasteiger partial charge in [-0.25, -0.2) is 9.59 Å². The van der Waals surface area contributed by atoms with Crippen LogP contribution in [0.1, 0.15) is 39.7 Å². The summed E-state index contributed by atoms with van der Waals surface area (Å²) in [6.45, 7) is 16.4. The summed E-state index contributed by atoms with van der Waals surface area (Å²) in [6.07, 6.45) is 1.68. The highest BCUT2D eigenvalue weighted by molar-refractivity contribution is 5.87. The maximum Gasteiger partial charge on any atom is 0.335 e. The van der Waals surface area contributed by atoms with Crippen molar-refractivity contribution in [3.8, 4) is 0 Å². The second-order valence-corrected chi connectivity index (χ2v) is 8.02. The zero-order valence-electron chi connectivity index (χ0n) is 21.5. The van der Waals surface area contributed by atoms with Gasteiger partial charge in [-0.05, 0) is 58.2 Å². The molecule has 0 aliphatic carbocycles. The molecule has 2 aromatic rings. The van der Waals surface area contributed by atoms with Gasteiger partial charge in [0, 0.05) is 30.0 Å². The lowest BCUT2D eigenvalue weighted by Crippen LogP contribution is -2.36. The van der Waals surface area contributed by atoms with E-state index in [1.54, 1.807) is 13.8 Å². The summed E-state index contributed by atoms with van der Waals surface area (Å²) in [5, 5.41) is 0. The van der Waals surface area contributed by atoms with Gasteiger partial charge in [-0.15, -0.1) is 0 Å². The first-order valence-corrected chi connectivity index (χ1v) is 11.9. The highest BCUT2D eigenvalue weighted by Gasteiger charge is 2.17. The molecule has 0 radical (unpaired) electrons. The fourth-order valence-corrected chi connectivity index (χ4v) is 3.03. The second kappa shape index (κ2) is 17.1. The molecular weight excluding hydrogens is 442 g/mol. The number of hydrogen-bond acceptors (Lipinski definition) is 6. The third-order valence-corrected chi connectivity index (χ3v) is 4.90. The van der Waals surface area contributed by atoms with Crippen LogP contribution in [0.3, 0.4) is 0 Å². The van der Waals surface area contributed by atoms with Gasteiger partial charge in [0.25, 0.3) is 0 Å². The van der Waals surface area contributed by atoms with Crippen LogP contribution in [0.2, 0.25) is 0 Å². The average molecular weight is 482 g/mol. The summed E-state index contributed by atoms with van der Waals surface area (Å²) >= 11 is 0. The topological polar surface area (TPSA) is 65.1 Å². The van der Waals surface area contributed by atoms with Gasteiger partial charge in [0.15, 0.2) is 6.23 Å². The smallest absolute Gasteiger partial charge is 0.335 e. The summed E-state index contributed by atoms with van der Waals surface area (Å²) in [4.78, 5) is 24.5. The fraction of sp³-hybridized carbons (Fsp3) is 0.379. The number of carbonyl (C=O) groups is 2. The minimum absolute atomic E-state index is 0.289. The van der Waals surface area contributed by atoms with E-state index in [0.717, 1.165) is 25.1 Å². The Morgan fingerprint density at radius 1 is 0.857 bits per heavy atom. The number of esters is 2. The normalized spacial score (nSPS) is 10.9. The van der Waals surface area contributed by atoms with E-state index in [4.69, 9.17) is 14.2 Å². The molecule has 0 aliphatic rings. The van der Waals surface area contributed by atoms with Crippen molar-refractivity contribution in [3.63, 3.8) is 0 Å². The van der Waals surface area contributed by atoms with Crippen LogP contribution in [-0.4, -0.2) is 44.5 Å². The van der Waals surface area contributed by atoms with E-state index in [2.05, 4.69) is 25.3 Å². The number of anilines is 1. The van der Waals surface area contributed by atoms with Gasteiger partial charge in [0.1, 0.15) is 6.61 Å². The fourth-order valence-electron chi connectivity index (χ4n) is 3.03. The Bertz CT molecular complexity index is 911. The van der Waals surface area contributed by atoms with E-state index in [1.165, 1.54) is 5.56 Å².